The van der Waals surface area contributed by atoms with Gasteiger partial charge in [0.2, 0.25) is 0 Å². The van der Waals surface area contributed by atoms with Crippen LogP contribution in [0.3, 0.4) is 0 Å². The fourth-order valence-electron chi connectivity index (χ4n) is 1.96. The minimum absolute atomic E-state index is 0.0852. The van der Waals surface area contributed by atoms with Crippen LogP contribution in [0, 0.1) is 0 Å². The molecule has 1 aromatic carbocycles. The molecule has 96 valence electrons. The quantitative estimate of drug-likeness (QED) is 0.654. The standard InChI is InChI=1S/C13H15BrN2OS/c1-17-13(9-5-3-2-4-6-9)12(16-15)10-7-18-8-11(10)14/h2-8,12-13,16H,15H2,1H3. The number of hydrogen-bond donors (Lipinski definition) is 2. The number of rotatable bonds is 5. The Morgan fingerprint density at radius 1 is 1.28 bits per heavy atom. The number of nitrogens with two attached hydrogens (primary N) is 1. The van der Waals surface area contributed by atoms with Crippen molar-refractivity contribution in [2.45, 2.75) is 12.1 Å². The first kappa shape index (κ1) is 13.7. The van der Waals surface area contributed by atoms with E-state index in [2.05, 4.69) is 26.7 Å². The maximum Gasteiger partial charge on any atom is 0.103 e. The predicted octanol–water partition coefficient (Wildman–Crippen LogP) is 3.40. The van der Waals surface area contributed by atoms with E-state index in [1.54, 1.807) is 18.4 Å². The summed E-state index contributed by atoms with van der Waals surface area (Å²) in [6.45, 7) is 0. The summed E-state index contributed by atoms with van der Waals surface area (Å²) in [6.07, 6.45) is -0.123. The molecular formula is C13H15BrN2OS. The Balaban J connectivity index is 2.34. The van der Waals surface area contributed by atoms with Gasteiger partial charge < -0.3 is 4.74 Å². The van der Waals surface area contributed by atoms with Gasteiger partial charge in [0.1, 0.15) is 6.10 Å². The van der Waals surface area contributed by atoms with E-state index in [9.17, 15) is 0 Å². The average molecular weight is 327 g/mol. The maximum absolute atomic E-state index is 5.70. The second-order valence-corrected chi connectivity index (χ2v) is 5.48. The Hall–Kier alpha value is -0.720. The van der Waals surface area contributed by atoms with Gasteiger partial charge in [-0.15, -0.1) is 0 Å². The molecule has 18 heavy (non-hydrogen) atoms. The number of halogens is 1. The zero-order valence-electron chi connectivity index (χ0n) is 9.97. The number of hydrazine groups is 1. The van der Waals surface area contributed by atoms with Crippen LogP contribution in [0.15, 0.2) is 45.6 Å². The molecule has 2 atom stereocenters. The summed E-state index contributed by atoms with van der Waals surface area (Å²) >= 11 is 5.17. The Kier molecular flexibility index (Phi) is 4.91. The van der Waals surface area contributed by atoms with Gasteiger partial charge in [0.15, 0.2) is 0 Å². The van der Waals surface area contributed by atoms with Gasteiger partial charge in [0.05, 0.1) is 6.04 Å². The molecule has 0 saturated carbocycles. The summed E-state index contributed by atoms with van der Waals surface area (Å²) < 4.78 is 6.66. The van der Waals surface area contributed by atoms with Gasteiger partial charge in [0, 0.05) is 17.0 Å². The fourth-order valence-corrected chi connectivity index (χ4v) is 3.54. The largest absolute Gasteiger partial charge is 0.375 e. The normalized spacial score (nSPS) is 14.4. The summed E-state index contributed by atoms with van der Waals surface area (Å²) in [6, 6.07) is 9.98. The van der Waals surface area contributed by atoms with Crippen molar-refractivity contribution in [3.63, 3.8) is 0 Å². The molecule has 0 spiro atoms. The average Bonchev–Trinajstić information content (AvgIpc) is 2.83. The van der Waals surface area contributed by atoms with Crippen LogP contribution in [-0.4, -0.2) is 7.11 Å². The summed E-state index contributed by atoms with van der Waals surface area (Å²) in [4.78, 5) is 0. The van der Waals surface area contributed by atoms with Gasteiger partial charge in [-0.05, 0) is 32.4 Å². The van der Waals surface area contributed by atoms with Crippen LogP contribution < -0.4 is 11.3 Å². The number of methoxy groups -OCH3 is 1. The van der Waals surface area contributed by atoms with E-state index < -0.39 is 0 Å². The Morgan fingerprint density at radius 3 is 2.50 bits per heavy atom. The molecule has 5 heteroatoms. The number of thiophene rings is 1. The minimum atomic E-state index is -0.123. The molecule has 0 bridgehead atoms. The number of ether oxygens (including phenoxy) is 1. The lowest BCUT2D eigenvalue weighted by atomic mass is 9.98. The van der Waals surface area contributed by atoms with Crippen LogP contribution in [0.4, 0.5) is 0 Å². The highest BCUT2D eigenvalue weighted by molar-refractivity contribution is 9.10. The second-order valence-electron chi connectivity index (χ2n) is 3.89. The third-order valence-corrected chi connectivity index (χ3v) is 4.59. The smallest absolute Gasteiger partial charge is 0.103 e. The molecule has 0 fully saturated rings. The molecule has 3 N–H and O–H groups in total. The molecule has 2 aromatic rings. The minimum Gasteiger partial charge on any atom is -0.375 e. The summed E-state index contributed by atoms with van der Waals surface area (Å²) in [5, 5.41) is 4.11. The van der Waals surface area contributed by atoms with Crippen LogP contribution in [0.25, 0.3) is 0 Å². The van der Waals surface area contributed by atoms with E-state index in [-0.39, 0.29) is 12.1 Å². The van der Waals surface area contributed by atoms with Crippen molar-refractivity contribution in [3.8, 4) is 0 Å². The predicted molar refractivity (Wildman–Crippen MR) is 78.3 cm³/mol. The molecule has 0 radical (unpaired) electrons. The Morgan fingerprint density at radius 2 is 2.00 bits per heavy atom. The monoisotopic (exact) mass is 326 g/mol. The van der Waals surface area contributed by atoms with Gasteiger partial charge in [-0.2, -0.15) is 11.3 Å². The van der Waals surface area contributed by atoms with Crippen molar-refractivity contribution >= 4 is 27.3 Å². The van der Waals surface area contributed by atoms with E-state index in [0.717, 1.165) is 15.6 Å². The van der Waals surface area contributed by atoms with E-state index in [4.69, 9.17) is 10.6 Å². The van der Waals surface area contributed by atoms with Crippen LogP contribution in [0.2, 0.25) is 0 Å². The lowest BCUT2D eigenvalue weighted by Crippen LogP contribution is -2.33. The first-order valence-electron chi connectivity index (χ1n) is 5.53. The molecule has 2 rings (SSSR count). The van der Waals surface area contributed by atoms with E-state index in [1.807, 2.05) is 35.7 Å². The molecule has 1 heterocycles. The third kappa shape index (κ3) is 2.81. The lowest BCUT2D eigenvalue weighted by molar-refractivity contribution is 0.0675. The number of hydrogen-bond acceptors (Lipinski definition) is 4. The molecule has 0 amide bonds. The first-order chi connectivity index (χ1) is 8.77. The fraction of sp³-hybridized carbons (Fsp3) is 0.231. The van der Waals surface area contributed by atoms with Crippen LogP contribution in [0.1, 0.15) is 23.3 Å². The highest BCUT2D eigenvalue weighted by Crippen LogP contribution is 2.36. The van der Waals surface area contributed by atoms with Gasteiger partial charge >= 0.3 is 0 Å². The zero-order valence-corrected chi connectivity index (χ0v) is 12.4. The summed E-state index contributed by atoms with van der Waals surface area (Å²) in [5.41, 5.74) is 5.05. The Bertz CT molecular complexity index is 489. The third-order valence-electron chi connectivity index (χ3n) is 2.84. The highest BCUT2D eigenvalue weighted by Gasteiger charge is 2.25. The van der Waals surface area contributed by atoms with Gasteiger partial charge in [0.25, 0.3) is 0 Å². The molecule has 3 nitrogen and oxygen atoms in total. The SMILES string of the molecule is COC(c1ccccc1)C(NN)c1cscc1Br. The first-order valence-corrected chi connectivity index (χ1v) is 7.27. The van der Waals surface area contributed by atoms with Gasteiger partial charge in [-0.3, -0.25) is 5.84 Å². The van der Waals surface area contributed by atoms with Gasteiger partial charge in [-0.1, -0.05) is 30.3 Å². The molecule has 0 aliphatic heterocycles. The van der Waals surface area contributed by atoms with Gasteiger partial charge in [-0.25, -0.2) is 5.43 Å². The molecular weight excluding hydrogens is 312 g/mol. The maximum atomic E-state index is 5.70. The van der Waals surface area contributed by atoms with Crippen molar-refractivity contribution in [2.75, 3.05) is 7.11 Å². The van der Waals surface area contributed by atoms with E-state index in [1.165, 1.54) is 0 Å². The highest BCUT2D eigenvalue weighted by atomic mass is 79.9. The van der Waals surface area contributed by atoms with E-state index >= 15 is 0 Å². The Labute approximate surface area is 119 Å². The number of benzene rings is 1. The van der Waals surface area contributed by atoms with Crippen LogP contribution >= 0.6 is 27.3 Å². The summed E-state index contributed by atoms with van der Waals surface area (Å²) in [7, 11) is 1.70. The molecule has 1 aromatic heterocycles. The molecule has 0 aliphatic rings. The molecule has 2 unspecified atom stereocenters. The van der Waals surface area contributed by atoms with Crippen LogP contribution in [-0.2, 0) is 4.74 Å². The van der Waals surface area contributed by atoms with Crippen molar-refractivity contribution < 1.29 is 4.74 Å². The van der Waals surface area contributed by atoms with Crippen molar-refractivity contribution in [2.24, 2.45) is 5.84 Å². The topological polar surface area (TPSA) is 47.3 Å². The molecule has 0 aliphatic carbocycles. The van der Waals surface area contributed by atoms with Crippen LogP contribution in [0.5, 0.6) is 0 Å². The molecule has 0 saturated heterocycles. The van der Waals surface area contributed by atoms with Crippen molar-refractivity contribution in [1.29, 1.82) is 0 Å². The van der Waals surface area contributed by atoms with Crippen molar-refractivity contribution in [3.05, 3.63) is 56.7 Å². The summed E-state index contributed by atoms with van der Waals surface area (Å²) in [5.74, 6) is 5.70. The second kappa shape index (κ2) is 6.45. The lowest BCUT2D eigenvalue weighted by Gasteiger charge is -2.25. The zero-order chi connectivity index (χ0) is 13.0. The number of nitrogens with one attached hydrogen (secondary N) is 1. The van der Waals surface area contributed by atoms with E-state index in [0.29, 0.717) is 0 Å². The van der Waals surface area contributed by atoms with Crippen molar-refractivity contribution in [1.82, 2.24) is 5.43 Å².